The predicted octanol–water partition coefficient (Wildman–Crippen LogP) is 2.36. The maximum absolute atomic E-state index is 12.4. The second-order valence-electron chi connectivity index (χ2n) is 4.42. The van der Waals surface area contributed by atoms with E-state index in [-0.39, 0.29) is 17.0 Å². The summed E-state index contributed by atoms with van der Waals surface area (Å²) in [6, 6.07) is 7.18. The largest absolute Gasteiger partial charge is 0.362 e. The molecule has 7 heteroatoms. The fourth-order valence-electron chi connectivity index (χ4n) is 2.02. The van der Waals surface area contributed by atoms with Crippen molar-refractivity contribution < 1.29 is 0 Å². The van der Waals surface area contributed by atoms with E-state index in [9.17, 15) is 9.59 Å². The lowest BCUT2D eigenvalue weighted by molar-refractivity contribution is 0.761. The molecule has 21 heavy (non-hydrogen) atoms. The highest BCUT2D eigenvalue weighted by Crippen LogP contribution is 2.18. The van der Waals surface area contributed by atoms with Gasteiger partial charge in [0.05, 0.1) is 11.9 Å². The highest BCUT2D eigenvalue weighted by molar-refractivity contribution is 7.16. The molecule has 1 N–H and O–H groups in total. The van der Waals surface area contributed by atoms with Crippen molar-refractivity contribution >= 4 is 37.9 Å². The van der Waals surface area contributed by atoms with Crippen LogP contribution >= 0.6 is 22.7 Å². The van der Waals surface area contributed by atoms with Gasteiger partial charge < -0.3 is 5.32 Å². The summed E-state index contributed by atoms with van der Waals surface area (Å²) in [7, 11) is 0. The minimum absolute atomic E-state index is 0.239. The van der Waals surface area contributed by atoms with Gasteiger partial charge in [0.25, 0.3) is 5.56 Å². The van der Waals surface area contributed by atoms with E-state index >= 15 is 0 Å². The molecule has 0 atom stereocenters. The zero-order valence-electron chi connectivity index (χ0n) is 11.3. The van der Waals surface area contributed by atoms with E-state index in [1.165, 1.54) is 15.9 Å². The molecule has 0 amide bonds. The summed E-state index contributed by atoms with van der Waals surface area (Å²) in [6.45, 7) is 3.05. The van der Waals surface area contributed by atoms with Gasteiger partial charge in [0.15, 0.2) is 5.13 Å². The first-order chi connectivity index (χ1) is 10.2. The SMILES string of the molecule is CCNc1ncc(Cn2c(=O)sc3ccccc3c2=O)s1. The van der Waals surface area contributed by atoms with Gasteiger partial charge in [-0.2, -0.15) is 0 Å². The average Bonchev–Trinajstić information content (AvgIpc) is 2.91. The third-order valence-electron chi connectivity index (χ3n) is 2.98. The third kappa shape index (κ3) is 2.74. The Morgan fingerprint density at radius 2 is 2.05 bits per heavy atom. The number of hydrogen-bond acceptors (Lipinski definition) is 6. The lowest BCUT2D eigenvalue weighted by atomic mass is 10.3. The van der Waals surface area contributed by atoms with Crippen LogP contribution in [0.4, 0.5) is 5.13 Å². The minimum Gasteiger partial charge on any atom is -0.362 e. The molecule has 0 unspecified atom stereocenters. The predicted molar refractivity (Wildman–Crippen MR) is 87.7 cm³/mol. The molecule has 3 aromatic rings. The number of anilines is 1. The van der Waals surface area contributed by atoms with Crippen LogP contribution in [0.5, 0.6) is 0 Å². The molecule has 0 spiro atoms. The lowest BCUT2D eigenvalue weighted by Crippen LogP contribution is -2.31. The third-order valence-corrected chi connectivity index (χ3v) is 4.89. The zero-order chi connectivity index (χ0) is 14.8. The molecule has 0 aliphatic carbocycles. The number of fused-ring (bicyclic) bond motifs is 1. The maximum Gasteiger partial charge on any atom is 0.310 e. The van der Waals surface area contributed by atoms with Crippen molar-refractivity contribution in [1.29, 1.82) is 0 Å². The number of rotatable bonds is 4. The molecule has 0 saturated carbocycles. The van der Waals surface area contributed by atoms with Crippen LogP contribution in [-0.4, -0.2) is 16.1 Å². The smallest absolute Gasteiger partial charge is 0.310 e. The van der Waals surface area contributed by atoms with Crippen molar-refractivity contribution in [1.82, 2.24) is 9.55 Å². The van der Waals surface area contributed by atoms with Crippen molar-refractivity contribution in [2.45, 2.75) is 13.5 Å². The van der Waals surface area contributed by atoms with Crippen LogP contribution in [0.25, 0.3) is 10.1 Å². The lowest BCUT2D eigenvalue weighted by Gasteiger charge is -2.03. The number of aromatic nitrogens is 2. The summed E-state index contributed by atoms with van der Waals surface area (Å²) in [5.74, 6) is 0. The second kappa shape index (κ2) is 5.79. The monoisotopic (exact) mass is 319 g/mol. The molecule has 5 nitrogen and oxygen atoms in total. The Labute approximate surface area is 128 Å². The van der Waals surface area contributed by atoms with E-state index in [1.54, 1.807) is 24.4 Å². The fraction of sp³-hybridized carbons (Fsp3) is 0.214. The van der Waals surface area contributed by atoms with Crippen molar-refractivity contribution in [3.05, 3.63) is 55.4 Å². The van der Waals surface area contributed by atoms with E-state index < -0.39 is 0 Å². The van der Waals surface area contributed by atoms with Gasteiger partial charge in [0, 0.05) is 22.3 Å². The van der Waals surface area contributed by atoms with E-state index in [4.69, 9.17) is 0 Å². The number of benzene rings is 1. The number of nitrogens with one attached hydrogen (secondary N) is 1. The molecule has 1 aromatic carbocycles. The highest BCUT2D eigenvalue weighted by atomic mass is 32.1. The average molecular weight is 319 g/mol. The second-order valence-corrected chi connectivity index (χ2v) is 6.53. The molecular formula is C14H13N3O2S2. The van der Waals surface area contributed by atoms with Crippen LogP contribution < -0.4 is 15.7 Å². The Bertz CT molecular complexity index is 895. The van der Waals surface area contributed by atoms with Crippen LogP contribution in [0.1, 0.15) is 11.8 Å². The van der Waals surface area contributed by atoms with Crippen molar-refractivity contribution in [3.8, 4) is 0 Å². The van der Waals surface area contributed by atoms with Crippen LogP contribution in [-0.2, 0) is 6.54 Å². The van der Waals surface area contributed by atoms with Gasteiger partial charge in [-0.1, -0.05) is 23.5 Å². The Morgan fingerprint density at radius 3 is 2.86 bits per heavy atom. The molecule has 0 aliphatic rings. The molecule has 0 saturated heterocycles. The molecule has 108 valence electrons. The van der Waals surface area contributed by atoms with Crippen molar-refractivity contribution in [2.75, 3.05) is 11.9 Å². The number of nitrogens with zero attached hydrogens (tertiary/aromatic N) is 2. The summed E-state index contributed by atoms with van der Waals surface area (Å²) in [5.41, 5.74) is -0.243. The minimum atomic E-state index is -0.243. The van der Waals surface area contributed by atoms with Gasteiger partial charge in [0.2, 0.25) is 0 Å². The first kappa shape index (κ1) is 14.0. The Hall–Kier alpha value is -1.99. The van der Waals surface area contributed by atoms with Gasteiger partial charge in [0.1, 0.15) is 0 Å². The van der Waals surface area contributed by atoms with E-state index in [2.05, 4.69) is 10.3 Å². The van der Waals surface area contributed by atoms with Crippen LogP contribution in [0.15, 0.2) is 40.1 Å². The van der Waals surface area contributed by atoms with Crippen LogP contribution in [0.3, 0.4) is 0 Å². The topological polar surface area (TPSA) is 64.0 Å². The molecular weight excluding hydrogens is 306 g/mol. The zero-order valence-corrected chi connectivity index (χ0v) is 13.0. The summed E-state index contributed by atoms with van der Waals surface area (Å²) in [5, 5.41) is 4.50. The summed E-state index contributed by atoms with van der Waals surface area (Å²) >= 11 is 2.55. The molecule has 0 bridgehead atoms. The fourth-order valence-corrected chi connectivity index (χ4v) is 3.74. The molecule has 2 aromatic heterocycles. The van der Waals surface area contributed by atoms with Crippen molar-refractivity contribution in [3.63, 3.8) is 0 Å². The van der Waals surface area contributed by atoms with E-state index in [0.29, 0.717) is 5.39 Å². The maximum atomic E-state index is 12.4. The van der Waals surface area contributed by atoms with Gasteiger partial charge in [-0.25, -0.2) is 4.98 Å². The van der Waals surface area contributed by atoms with Crippen LogP contribution in [0.2, 0.25) is 0 Å². The van der Waals surface area contributed by atoms with Gasteiger partial charge in [-0.3, -0.25) is 14.2 Å². The summed E-state index contributed by atoms with van der Waals surface area (Å²) < 4.78 is 2.00. The molecule has 3 rings (SSSR count). The summed E-state index contributed by atoms with van der Waals surface area (Å²) in [6.07, 6.45) is 1.70. The molecule has 0 aliphatic heterocycles. The first-order valence-electron chi connectivity index (χ1n) is 6.50. The Morgan fingerprint density at radius 1 is 1.24 bits per heavy atom. The van der Waals surface area contributed by atoms with E-state index in [1.807, 2.05) is 13.0 Å². The summed E-state index contributed by atoms with van der Waals surface area (Å²) in [4.78, 5) is 29.4. The Balaban J connectivity index is 2.03. The Kier molecular flexibility index (Phi) is 3.85. The van der Waals surface area contributed by atoms with Gasteiger partial charge in [-0.15, -0.1) is 11.3 Å². The highest BCUT2D eigenvalue weighted by Gasteiger charge is 2.10. The standard InChI is InChI=1S/C14H13N3O2S2/c1-2-15-13-16-7-9(20-13)8-17-12(18)10-5-3-4-6-11(10)21-14(17)19/h3-7H,2,8H2,1H3,(H,15,16). The van der Waals surface area contributed by atoms with E-state index in [0.717, 1.165) is 32.6 Å². The van der Waals surface area contributed by atoms with Crippen molar-refractivity contribution in [2.24, 2.45) is 0 Å². The molecule has 0 radical (unpaired) electrons. The first-order valence-corrected chi connectivity index (χ1v) is 8.13. The molecule has 0 fully saturated rings. The number of thiazole rings is 1. The normalized spacial score (nSPS) is 10.9. The van der Waals surface area contributed by atoms with Gasteiger partial charge in [-0.05, 0) is 19.1 Å². The van der Waals surface area contributed by atoms with Crippen LogP contribution in [0, 0.1) is 0 Å². The quantitative estimate of drug-likeness (QED) is 0.802. The molecule has 2 heterocycles. The number of hydrogen-bond donors (Lipinski definition) is 1. The van der Waals surface area contributed by atoms with Gasteiger partial charge >= 0.3 is 4.87 Å².